The quantitative estimate of drug-likeness (QED) is 0.793. The summed E-state index contributed by atoms with van der Waals surface area (Å²) in [5.74, 6) is 0.573. The van der Waals surface area contributed by atoms with E-state index in [0.717, 1.165) is 28.9 Å². The molecule has 0 saturated carbocycles. The smallest absolute Gasteiger partial charge is 0.224 e. The van der Waals surface area contributed by atoms with Crippen LogP contribution in [0.4, 0.5) is 0 Å². The van der Waals surface area contributed by atoms with Gasteiger partial charge in [0.2, 0.25) is 5.91 Å². The first-order chi connectivity index (χ1) is 11.5. The number of hydrogen-bond donors (Lipinski definition) is 2. The van der Waals surface area contributed by atoms with Crippen molar-refractivity contribution in [3.8, 4) is 5.75 Å². The van der Waals surface area contributed by atoms with Crippen molar-refractivity contribution in [2.45, 2.75) is 26.3 Å². The largest absolute Gasteiger partial charge is 0.496 e. The fraction of sp³-hybridized carbons (Fsp3) is 0.350. The van der Waals surface area contributed by atoms with Crippen molar-refractivity contribution in [1.29, 1.82) is 0 Å². The predicted octanol–water partition coefficient (Wildman–Crippen LogP) is 3.42. The molecule has 2 aromatic rings. The van der Waals surface area contributed by atoms with E-state index < -0.39 is 0 Å². The van der Waals surface area contributed by atoms with Gasteiger partial charge >= 0.3 is 0 Å². The number of rotatable bonds is 7. The number of carbonyl (C=O) groups excluding carboxylic acids is 1. The Bertz CT molecular complexity index is 677. The van der Waals surface area contributed by atoms with E-state index in [-0.39, 0.29) is 30.3 Å². The number of hydrogen-bond acceptors (Lipinski definition) is 3. The molecule has 2 aromatic carbocycles. The third kappa shape index (κ3) is 5.76. The Morgan fingerprint density at radius 3 is 2.52 bits per heavy atom. The van der Waals surface area contributed by atoms with E-state index >= 15 is 0 Å². The number of carbonyl (C=O) groups is 1. The van der Waals surface area contributed by atoms with Crippen molar-refractivity contribution in [2.24, 2.45) is 11.7 Å². The molecule has 0 radical (unpaired) electrons. The molecule has 2 atom stereocenters. The van der Waals surface area contributed by atoms with Crippen LogP contribution >= 0.6 is 12.4 Å². The summed E-state index contributed by atoms with van der Waals surface area (Å²) in [6.45, 7) is 4.45. The highest BCUT2D eigenvalue weighted by Gasteiger charge is 2.21. The fourth-order valence-electron chi connectivity index (χ4n) is 2.64. The van der Waals surface area contributed by atoms with Crippen LogP contribution in [0, 0.1) is 12.8 Å². The molecule has 0 fully saturated rings. The van der Waals surface area contributed by atoms with Crippen LogP contribution in [0.1, 0.15) is 29.7 Å². The molecular formula is C20H27ClN2O2. The number of methoxy groups -OCH3 is 1. The highest BCUT2D eigenvalue weighted by atomic mass is 35.5. The normalized spacial score (nSPS) is 12.6. The van der Waals surface area contributed by atoms with Gasteiger partial charge in [0.1, 0.15) is 5.75 Å². The molecule has 25 heavy (non-hydrogen) atoms. The van der Waals surface area contributed by atoms with Gasteiger partial charge in [0, 0.05) is 12.6 Å². The van der Waals surface area contributed by atoms with Crippen LogP contribution in [0.15, 0.2) is 48.5 Å². The van der Waals surface area contributed by atoms with Crippen molar-refractivity contribution in [2.75, 3.05) is 13.7 Å². The Kier molecular flexibility index (Phi) is 8.46. The van der Waals surface area contributed by atoms with E-state index in [2.05, 4.69) is 11.4 Å². The summed E-state index contributed by atoms with van der Waals surface area (Å²) in [5, 5.41) is 2.97. The molecule has 4 nitrogen and oxygen atoms in total. The second kappa shape index (κ2) is 10.1. The predicted molar refractivity (Wildman–Crippen MR) is 104 cm³/mol. The monoisotopic (exact) mass is 362 g/mol. The van der Waals surface area contributed by atoms with Gasteiger partial charge < -0.3 is 15.8 Å². The molecule has 1 amide bonds. The topological polar surface area (TPSA) is 64.3 Å². The highest BCUT2D eigenvalue weighted by molar-refractivity contribution is 5.85. The van der Waals surface area contributed by atoms with Gasteiger partial charge in [-0.3, -0.25) is 4.79 Å². The lowest BCUT2D eigenvalue weighted by Crippen LogP contribution is -2.36. The molecule has 0 spiro atoms. The summed E-state index contributed by atoms with van der Waals surface area (Å²) >= 11 is 0. The average molecular weight is 363 g/mol. The molecule has 0 heterocycles. The number of benzene rings is 2. The zero-order chi connectivity index (χ0) is 17.5. The molecule has 0 saturated heterocycles. The number of halogens is 1. The van der Waals surface area contributed by atoms with Gasteiger partial charge in [0.25, 0.3) is 0 Å². The number of aryl methyl sites for hydroxylation is 1. The van der Waals surface area contributed by atoms with E-state index in [1.165, 1.54) is 0 Å². The lowest BCUT2D eigenvalue weighted by atomic mass is 9.94. The minimum atomic E-state index is -0.300. The third-order valence-corrected chi connectivity index (χ3v) is 4.32. The molecule has 3 N–H and O–H groups in total. The van der Waals surface area contributed by atoms with Gasteiger partial charge in [0.05, 0.1) is 13.0 Å². The Morgan fingerprint density at radius 2 is 1.88 bits per heavy atom. The van der Waals surface area contributed by atoms with Crippen LogP contribution in [0.25, 0.3) is 0 Å². The van der Waals surface area contributed by atoms with Crippen LogP contribution in [-0.4, -0.2) is 19.6 Å². The lowest BCUT2D eigenvalue weighted by molar-refractivity contribution is -0.125. The maximum atomic E-state index is 12.3. The van der Waals surface area contributed by atoms with Crippen LogP contribution < -0.4 is 15.8 Å². The van der Waals surface area contributed by atoms with Gasteiger partial charge in [-0.1, -0.05) is 49.4 Å². The zero-order valence-corrected chi connectivity index (χ0v) is 15.8. The number of nitrogens with one attached hydrogen (secondary N) is 1. The molecule has 0 aliphatic rings. The van der Waals surface area contributed by atoms with Gasteiger partial charge in [-0.25, -0.2) is 0 Å². The summed E-state index contributed by atoms with van der Waals surface area (Å²) in [6.07, 6.45) is 0.760. The summed E-state index contributed by atoms with van der Waals surface area (Å²) in [7, 11) is 1.67. The zero-order valence-electron chi connectivity index (χ0n) is 15.0. The SMILES string of the molecule is COc1cc(CCNC(=O)C(C)C(N)c2ccccc2)ccc1C.Cl. The van der Waals surface area contributed by atoms with Gasteiger partial charge in [-0.15, -0.1) is 12.4 Å². The number of ether oxygens (including phenoxy) is 1. The molecule has 136 valence electrons. The second-order valence-corrected chi connectivity index (χ2v) is 6.07. The molecule has 0 aliphatic heterocycles. The lowest BCUT2D eigenvalue weighted by Gasteiger charge is -2.20. The second-order valence-electron chi connectivity index (χ2n) is 6.07. The molecule has 2 rings (SSSR count). The minimum Gasteiger partial charge on any atom is -0.496 e. The van der Waals surface area contributed by atoms with Crippen LogP contribution in [0.3, 0.4) is 0 Å². The molecule has 5 heteroatoms. The number of amides is 1. The van der Waals surface area contributed by atoms with E-state index in [9.17, 15) is 4.79 Å². The first-order valence-corrected chi connectivity index (χ1v) is 8.24. The van der Waals surface area contributed by atoms with Crippen LogP contribution in [-0.2, 0) is 11.2 Å². The first-order valence-electron chi connectivity index (χ1n) is 8.24. The summed E-state index contributed by atoms with van der Waals surface area (Å²) < 4.78 is 5.33. The molecule has 0 bridgehead atoms. The first kappa shape index (κ1) is 21.0. The van der Waals surface area contributed by atoms with Gasteiger partial charge in [-0.2, -0.15) is 0 Å². The number of nitrogens with two attached hydrogens (primary N) is 1. The minimum absolute atomic E-state index is 0. The Morgan fingerprint density at radius 1 is 1.20 bits per heavy atom. The van der Waals surface area contributed by atoms with E-state index in [0.29, 0.717) is 6.54 Å². The molecular weight excluding hydrogens is 336 g/mol. The van der Waals surface area contributed by atoms with Gasteiger partial charge in [-0.05, 0) is 36.1 Å². The fourth-order valence-corrected chi connectivity index (χ4v) is 2.64. The average Bonchev–Trinajstić information content (AvgIpc) is 2.62. The Hall–Kier alpha value is -2.04. The maximum absolute atomic E-state index is 12.3. The van der Waals surface area contributed by atoms with Crippen LogP contribution in [0.2, 0.25) is 0 Å². The van der Waals surface area contributed by atoms with Crippen molar-refractivity contribution in [3.63, 3.8) is 0 Å². The third-order valence-electron chi connectivity index (χ3n) is 4.32. The summed E-state index contributed by atoms with van der Waals surface area (Å²) in [4.78, 5) is 12.3. The highest BCUT2D eigenvalue weighted by Crippen LogP contribution is 2.20. The summed E-state index contributed by atoms with van der Waals surface area (Å²) in [5.41, 5.74) is 9.42. The molecule has 0 aromatic heterocycles. The molecule has 0 aliphatic carbocycles. The standard InChI is InChI=1S/C20H26N2O2.ClH/c1-14-9-10-16(13-18(14)24-3)11-12-22-20(23)15(2)19(21)17-7-5-4-6-8-17;/h4-10,13,15,19H,11-12,21H2,1-3H3,(H,22,23);1H. The molecule has 2 unspecified atom stereocenters. The Balaban J connectivity index is 0.00000312. The van der Waals surface area contributed by atoms with Crippen molar-refractivity contribution in [1.82, 2.24) is 5.32 Å². The van der Waals surface area contributed by atoms with Crippen molar-refractivity contribution < 1.29 is 9.53 Å². The van der Waals surface area contributed by atoms with E-state index in [1.807, 2.05) is 56.3 Å². The van der Waals surface area contributed by atoms with Crippen LogP contribution in [0.5, 0.6) is 5.75 Å². The van der Waals surface area contributed by atoms with E-state index in [4.69, 9.17) is 10.5 Å². The van der Waals surface area contributed by atoms with E-state index in [1.54, 1.807) is 7.11 Å². The Labute approximate surface area is 156 Å². The summed E-state index contributed by atoms with van der Waals surface area (Å²) in [6, 6.07) is 15.5. The van der Waals surface area contributed by atoms with Crippen molar-refractivity contribution in [3.05, 3.63) is 65.2 Å². The maximum Gasteiger partial charge on any atom is 0.224 e. The van der Waals surface area contributed by atoms with Gasteiger partial charge in [0.15, 0.2) is 0 Å². The van der Waals surface area contributed by atoms with Crippen molar-refractivity contribution >= 4 is 18.3 Å².